The fourth-order valence-electron chi connectivity index (χ4n) is 0.870. The first-order chi connectivity index (χ1) is 6.57. The van der Waals surface area contributed by atoms with Gasteiger partial charge >= 0.3 is 6.11 Å². The summed E-state index contributed by atoms with van der Waals surface area (Å²) in [5.74, 6) is 1.48. The van der Waals surface area contributed by atoms with E-state index < -0.39 is 6.11 Å². The molecule has 14 heavy (non-hydrogen) atoms. The van der Waals surface area contributed by atoms with Crippen LogP contribution in [0.5, 0.6) is 5.75 Å². The first kappa shape index (κ1) is 10.8. The molecule has 0 aromatic heterocycles. The summed E-state index contributed by atoms with van der Waals surface area (Å²) in [5.41, 5.74) is 0.692. The number of rotatable bonds is 3. The molecule has 1 rings (SSSR count). The Bertz CT molecular complexity index is 357. The molecule has 1 aromatic rings. The molecule has 0 radical (unpaired) electrons. The molecule has 4 heteroatoms. The van der Waals surface area contributed by atoms with Gasteiger partial charge in [-0.1, -0.05) is 12.1 Å². The fraction of sp³-hybridized carbons (Fsp3) is 0.200. The third-order valence-electron chi connectivity index (χ3n) is 1.47. The Kier molecular flexibility index (Phi) is 3.32. The number of ether oxygens (including phenoxy) is 1. The molecule has 0 bridgehead atoms. The zero-order valence-electron chi connectivity index (χ0n) is 7.14. The number of halogens is 3. The quantitative estimate of drug-likeness (QED) is 0.558. The lowest BCUT2D eigenvalue weighted by Gasteiger charge is -2.11. The van der Waals surface area contributed by atoms with E-state index in [9.17, 15) is 8.78 Å². The summed E-state index contributed by atoms with van der Waals surface area (Å²) in [5, 5.41) is 0. The molecular formula is C10H7ClF2O. The van der Waals surface area contributed by atoms with Crippen molar-refractivity contribution in [1.29, 1.82) is 0 Å². The second-order valence-corrected chi connectivity index (χ2v) is 2.81. The summed E-state index contributed by atoms with van der Waals surface area (Å²) in [7, 11) is 0. The molecule has 0 saturated carbocycles. The number of terminal acetylenes is 1. The van der Waals surface area contributed by atoms with Gasteiger partial charge in [-0.25, -0.2) is 0 Å². The molecule has 0 spiro atoms. The highest BCUT2D eigenvalue weighted by atomic mass is 35.5. The highest BCUT2D eigenvalue weighted by Gasteiger charge is 2.28. The largest absolute Gasteiger partial charge is 0.468 e. The molecule has 0 N–H and O–H groups in total. The number of benzene rings is 1. The Morgan fingerprint density at radius 2 is 2.21 bits per heavy atom. The minimum absolute atomic E-state index is 0.00565. The van der Waals surface area contributed by atoms with Crippen molar-refractivity contribution >= 4 is 11.6 Å². The van der Waals surface area contributed by atoms with Crippen molar-refractivity contribution in [3.8, 4) is 18.1 Å². The van der Waals surface area contributed by atoms with E-state index in [2.05, 4.69) is 11.2 Å². The second kappa shape index (κ2) is 4.30. The monoisotopic (exact) mass is 216 g/mol. The van der Waals surface area contributed by atoms with Gasteiger partial charge in [-0.15, -0.1) is 18.0 Å². The second-order valence-electron chi connectivity index (χ2n) is 2.54. The lowest BCUT2D eigenvalue weighted by Crippen LogP contribution is -2.21. The standard InChI is InChI=1S/C10H7ClF2O/c1-2-10(12,13)14-9-5-3-4-8(6-9)7-11/h1,3-6H,7H2. The minimum Gasteiger partial charge on any atom is -0.423 e. The maximum absolute atomic E-state index is 12.6. The predicted octanol–water partition coefficient (Wildman–Crippen LogP) is 3.03. The fourth-order valence-corrected chi connectivity index (χ4v) is 1.04. The van der Waals surface area contributed by atoms with E-state index in [1.54, 1.807) is 12.1 Å². The maximum atomic E-state index is 12.6. The van der Waals surface area contributed by atoms with Gasteiger partial charge in [-0.05, 0) is 17.7 Å². The van der Waals surface area contributed by atoms with Crippen molar-refractivity contribution in [1.82, 2.24) is 0 Å². The Labute approximate surface area is 85.6 Å². The van der Waals surface area contributed by atoms with Gasteiger partial charge in [0.05, 0.1) is 0 Å². The van der Waals surface area contributed by atoms with Crippen molar-refractivity contribution in [2.24, 2.45) is 0 Å². The van der Waals surface area contributed by atoms with E-state index >= 15 is 0 Å². The molecule has 0 aliphatic heterocycles. The van der Waals surface area contributed by atoms with Crippen LogP contribution in [0.1, 0.15) is 5.56 Å². The molecule has 0 unspecified atom stereocenters. The molecule has 1 nitrogen and oxygen atoms in total. The van der Waals surface area contributed by atoms with Crippen LogP contribution in [0, 0.1) is 12.3 Å². The molecule has 0 fully saturated rings. The third kappa shape index (κ3) is 2.90. The van der Waals surface area contributed by atoms with Gasteiger partial charge in [0.1, 0.15) is 5.75 Å². The van der Waals surface area contributed by atoms with Crippen LogP contribution in [-0.2, 0) is 5.88 Å². The summed E-state index contributed by atoms with van der Waals surface area (Å²) < 4.78 is 29.4. The topological polar surface area (TPSA) is 9.23 Å². The average molecular weight is 217 g/mol. The molecule has 0 aliphatic carbocycles. The van der Waals surface area contributed by atoms with E-state index in [-0.39, 0.29) is 11.6 Å². The normalized spacial score (nSPS) is 10.7. The lowest BCUT2D eigenvalue weighted by molar-refractivity contribution is -0.122. The molecule has 0 amide bonds. The lowest BCUT2D eigenvalue weighted by atomic mass is 10.2. The molecule has 0 aliphatic rings. The SMILES string of the molecule is C#CC(F)(F)Oc1cccc(CCl)c1. The minimum atomic E-state index is -3.58. The highest BCUT2D eigenvalue weighted by Crippen LogP contribution is 2.22. The van der Waals surface area contributed by atoms with Gasteiger partial charge in [-0.2, -0.15) is 8.78 Å². The van der Waals surface area contributed by atoms with Crippen molar-refractivity contribution in [2.45, 2.75) is 12.0 Å². The smallest absolute Gasteiger partial charge is 0.423 e. The first-order valence-electron chi connectivity index (χ1n) is 3.77. The van der Waals surface area contributed by atoms with Crippen LogP contribution in [0.25, 0.3) is 0 Å². The van der Waals surface area contributed by atoms with Crippen molar-refractivity contribution in [3.63, 3.8) is 0 Å². The van der Waals surface area contributed by atoms with Gasteiger partial charge < -0.3 is 4.74 Å². The van der Waals surface area contributed by atoms with Crippen LogP contribution >= 0.6 is 11.6 Å². The summed E-state index contributed by atoms with van der Waals surface area (Å²) >= 11 is 5.52. The maximum Gasteiger partial charge on any atom is 0.468 e. The van der Waals surface area contributed by atoms with Crippen LogP contribution in [0.3, 0.4) is 0 Å². The van der Waals surface area contributed by atoms with Crippen LogP contribution in [0.4, 0.5) is 8.78 Å². The molecule has 0 atom stereocenters. The number of hydrogen-bond donors (Lipinski definition) is 0. The van der Waals surface area contributed by atoms with Gasteiger partial charge in [-0.3, -0.25) is 0 Å². The first-order valence-corrected chi connectivity index (χ1v) is 4.30. The van der Waals surface area contributed by atoms with Crippen molar-refractivity contribution in [3.05, 3.63) is 29.8 Å². The molecule has 74 valence electrons. The zero-order valence-corrected chi connectivity index (χ0v) is 7.89. The zero-order chi connectivity index (χ0) is 10.6. The molecule has 1 aromatic carbocycles. The summed E-state index contributed by atoms with van der Waals surface area (Å²) in [6, 6.07) is 6.08. The van der Waals surface area contributed by atoms with Gasteiger partial charge in [0.25, 0.3) is 0 Å². The Balaban J connectivity index is 2.83. The van der Waals surface area contributed by atoms with E-state index in [1.165, 1.54) is 18.1 Å². The summed E-state index contributed by atoms with van der Waals surface area (Å²) in [6.07, 6.45) is 0.995. The van der Waals surface area contributed by atoms with Gasteiger partial charge in [0, 0.05) is 11.8 Å². The van der Waals surface area contributed by atoms with Crippen molar-refractivity contribution < 1.29 is 13.5 Å². The third-order valence-corrected chi connectivity index (χ3v) is 1.78. The van der Waals surface area contributed by atoms with Crippen LogP contribution < -0.4 is 4.74 Å². The number of alkyl halides is 3. The summed E-state index contributed by atoms with van der Waals surface area (Å²) in [4.78, 5) is 0. The van der Waals surface area contributed by atoms with Gasteiger partial charge in [0.15, 0.2) is 0 Å². The van der Waals surface area contributed by atoms with E-state index in [0.717, 1.165) is 0 Å². The average Bonchev–Trinajstić information content (AvgIpc) is 2.17. The predicted molar refractivity (Wildman–Crippen MR) is 50.4 cm³/mol. The highest BCUT2D eigenvalue weighted by molar-refractivity contribution is 6.17. The molecule has 0 saturated heterocycles. The van der Waals surface area contributed by atoms with E-state index in [4.69, 9.17) is 11.6 Å². The van der Waals surface area contributed by atoms with Crippen LogP contribution in [0.2, 0.25) is 0 Å². The summed E-state index contributed by atoms with van der Waals surface area (Å²) in [6.45, 7) is 0. The van der Waals surface area contributed by atoms with E-state index in [1.807, 2.05) is 0 Å². The Morgan fingerprint density at radius 1 is 1.50 bits per heavy atom. The Morgan fingerprint density at radius 3 is 2.79 bits per heavy atom. The van der Waals surface area contributed by atoms with Gasteiger partial charge in [0.2, 0.25) is 0 Å². The number of hydrogen-bond acceptors (Lipinski definition) is 1. The Hall–Kier alpha value is -1.27. The molecule has 0 heterocycles. The van der Waals surface area contributed by atoms with Crippen LogP contribution in [0.15, 0.2) is 24.3 Å². The van der Waals surface area contributed by atoms with Crippen molar-refractivity contribution in [2.75, 3.05) is 0 Å². The van der Waals surface area contributed by atoms with Crippen LogP contribution in [-0.4, -0.2) is 6.11 Å². The van der Waals surface area contributed by atoms with E-state index in [0.29, 0.717) is 5.56 Å². The molecular weight excluding hydrogens is 210 g/mol.